The van der Waals surface area contributed by atoms with Gasteiger partial charge >= 0.3 is 0 Å². The molecule has 53 heavy (non-hydrogen) atoms. The third-order valence-corrected chi connectivity index (χ3v) is 8.74. The van der Waals surface area contributed by atoms with E-state index in [1.807, 2.05) is 61.2 Å². The molecule has 2 aromatic heterocycles. The first-order valence-electron chi connectivity index (χ1n) is 16.9. The van der Waals surface area contributed by atoms with Gasteiger partial charge in [0.25, 0.3) is 0 Å². The molecule has 5 aromatic rings. The summed E-state index contributed by atoms with van der Waals surface area (Å²) in [7, 11) is 0. The fourth-order valence-corrected chi connectivity index (χ4v) is 6.02. The fourth-order valence-electron chi connectivity index (χ4n) is 6.02. The summed E-state index contributed by atoms with van der Waals surface area (Å²) in [6.45, 7) is 20.2. The van der Waals surface area contributed by atoms with Crippen molar-refractivity contribution in [2.45, 2.75) is 86.0 Å². The minimum atomic E-state index is 0. The number of hydrogen-bond donors (Lipinski definition) is 0. The van der Waals surface area contributed by atoms with Gasteiger partial charge in [-0.2, -0.15) is 0 Å². The Kier molecular flexibility index (Phi) is 24.9. The zero-order valence-electron chi connectivity index (χ0n) is 31.6. The fraction of sp³-hybridized carbons (Fsp3) is 0.302. The summed E-state index contributed by atoms with van der Waals surface area (Å²) in [5.41, 5.74) is 15.0. The van der Waals surface area contributed by atoms with Crippen molar-refractivity contribution in [1.29, 1.82) is 0 Å². The standard InChI is InChI=1S/C43H48N4.4BrH.2Cu/c1-27(2)37-21-33(22-38(28(3)4)42(37)46-25-35-14-10-12-18-44-35)32-17-16-31(9)41(20-32)34-23-39(29(5)6)43(40(24-34)30(7)8)47-26-36-15-11-13-19-45-36;;;;;;/h10-30H,1-9H3;4*1H;;. The van der Waals surface area contributed by atoms with Crippen molar-refractivity contribution in [2.75, 3.05) is 0 Å². The molecule has 0 amide bonds. The summed E-state index contributed by atoms with van der Waals surface area (Å²) < 4.78 is 0. The summed E-state index contributed by atoms with van der Waals surface area (Å²) in [5.74, 6) is 1.26. The van der Waals surface area contributed by atoms with Crippen LogP contribution in [0.1, 0.15) is 118 Å². The van der Waals surface area contributed by atoms with Crippen LogP contribution in [0.3, 0.4) is 0 Å². The van der Waals surface area contributed by atoms with Crippen LogP contribution in [0.4, 0.5) is 11.4 Å². The molecule has 0 atom stereocenters. The van der Waals surface area contributed by atoms with Gasteiger partial charge in [0.05, 0.1) is 35.2 Å². The maximum Gasteiger partial charge on any atom is 0.0812 e. The van der Waals surface area contributed by atoms with E-state index in [-0.39, 0.29) is 102 Å². The molecule has 5 rings (SSSR count). The molecule has 0 fully saturated rings. The number of nitrogens with zero attached hydrogens (tertiary/aromatic N) is 4. The molecule has 10 heteroatoms. The van der Waals surface area contributed by atoms with E-state index in [1.54, 1.807) is 0 Å². The number of pyridine rings is 2. The molecule has 2 heterocycles. The van der Waals surface area contributed by atoms with Gasteiger partial charge in [-0.05, 0) is 135 Å². The van der Waals surface area contributed by atoms with Gasteiger partial charge in [-0.15, -0.1) is 67.9 Å². The molecule has 0 saturated heterocycles. The summed E-state index contributed by atoms with van der Waals surface area (Å²) in [6, 6.07) is 28.1. The Hall–Kier alpha value is -1.74. The second-order valence-corrected chi connectivity index (χ2v) is 13.7. The zero-order chi connectivity index (χ0) is 33.7. The van der Waals surface area contributed by atoms with Crippen LogP contribution in [0.15, 0.2) is 101 Å². The second-order valence-electron chi connectivity index (χ2n) is 13.7. The first-order valence-corrected chi connectivity index (χ1v) is 16.9. The topological polar surface area (TPSA) is 50.5 Å². The maximum atomic E-state index is 5.03. The van der Waals surface area contributed by atoms with Crippen molar-refractivity contribution in [2.24, 2.45) is 9.98 Å². The molecule has 2 radical (unpaired) electrons. The van der Waals surface area contributed by atoms with Crippen molar-refractivity contribution < 1.29 is 34.1 Å². The number of hydrogen-bond acceptors (Lipinski definition) is 4. The molecule has 0 spiro atoms. The number of halogens is 4. The van der Waals surface area contributed by atoms with Crippen molar-refractivity contribution in [3.8, 4) is 22.3 Å². The number of aromatic nitrogens is 2. The van der Waals surface area contributed by atoms with Gasteiger partial charge in [-0.1, -0.05) is 79.7 Å². The molecule has 3 aromatic carbocycles. The van der Waals surface area contributed by atoms with Gasteiger partial charge < -0.3 is 0 Å². The molecule has 4 nitrogen and oxygen atoms in total. The van der Waals surface area contributed by atoms with Crippen molar-refractivity contribution in [3.63, 3.8) is 0 Å². The van der Waals surface area contributed by atoms with Gasteiger partial charge in [0.1, 0.15) is 0 Å². The number of aryl methyl sites for hydroxylation is 1. The predicted molar refractivity (Wildman–Crippen MR) is 243 cm³/mol. The van der Waals surface area contributed by atoms with Crippen molar-refractivity contribution in [1.82, 2.24) is 9.97 Å². The first kappa shape index (κ1) is 53.4. The molecular weight excluding hydrogens is 1020 g/mol. The van der Waals surface area contributed by atoms with Gasteiger partial charge in [0.15, 0.2) is 0 Å². The van der Waals surface area contributed by atoms with E-state index in [9.17, 15) is 0 Å². The number of rotatable bonds is 10. The van der Waals surface area contributed by atoms with Crippen molar-refractivity contribution >= 4 is 91.7 Å². The van der Waals surface area contributed by atoms with Gasteiger partial charge in [0.2, 0.25) is 0 Å². The molecule has 0 N–H and O–H groups in total. The second kappa shape index (κ2) is 24.7. The van der Waals surface area contributed by atoms with Crippen LogP contribution >= 0.6 is 67.9 Å². The maximum absolute atomic E-state index is 5.03. The zero-order valence-corrected chi connectivity index (χ0v) is 40.4. The quantitative estimate of drug-likeness (QED) is 0.103. The average Bonchev–Trinajstić information content (AvgIpc) is 3.06. The minimum Gasteiger partial charge on any atom is -0.255 e. The summed E-state index contributed by atoms with van der Waals surface area (Å²) in [5, 5.41) is 0. The van der Waals surface area contributed by atoms with Crippen LogP contribution in [0.5, 0.6) is 0 Å². The SMILES string of the molecule is Br.Br.Br.Br.Cc1ccc(-c2cc(C(C)C)c(N=Cc3ccccn3)c(C(C)C)c2)cc1-c1cc(C(C)C)c(N=Cc2ccccn2)c(C(C)C)c1.[Cu].[Cu]. The number of aliphatic imine (C=N–C) groups is 2. The van der Waals surface area contributed by atoms with E-state index >= 15 is 0 Å². The molecule has 0 aliphatic rings. The third kappa shape index (κ3) is 13.5. The van der Waals surface area contributed by atoms with Crippen LogP contribution in [-0.2, 0) is 34.1 Å². The molecule has 0 saturated carbocycles. The molecule has 294 valence electrons. The Morgan fingerprint density at radius 3 is 1.19 bits per heavy atom. The van der Waals surface area contributed by atoms with Crippen LogP contribution in [-0.4, -0.2) is 22.4 Å². The van der Waals surface area contributed by atoms with Crippen LogP contribution in [0.2, 0.25) is 0 Å². The first-order chi connectivity index (χ1) is 22.5. The van der Waals surface area contributed by atoms with E-state index in [0.29, 0.717) is 23.7 Å². The van der Waals surface area contributed by atoms with Crippen molar-refractivity contribution in [3.05, 3.63) is 130 Å². The smallest absolute Gasteiger partial charge is 0.0812 e. The molecule has 0 aliphatic carbocycles. The molecular formula is C43H52Br4Cu2N4. The third-order valence-electron chi connectivity index (χ3n) is 8.74. The van der Waals surface area contributed by atoms with E-state index in [2.05, 4.69) is 115 Å². The average molecular weight is 1070 g/mol. The Morgan fingerprint density at radius 2 is 0.849 bits per heavy atom. The van der Waals surface area contributed by atoms with Gasteiger partial charge in [-0.3, -0.25) is 20.0 Å². The Labute approximate surface area is 381 Å². The number of benzene rings is 3. The van der Waals surface area contributed by atoms with Crippen LogP contribution in [0.25, 0.3) is 22.3 Å². The Morgan fingerprint density at radius 1 is 0.472 bits per heavy atom. The summed E-state index contributed by atoms with van der Waals surface area (Å²) in [4.78, 5) is 19.0. The Balaban J connectivity index is 0. The molecule has 0 bridgehead atoms. The van der Waals surface area contributed by atoms with Crippen LogP contribution < -0.4 is 0 Å². The molecule has 0 unspecified atom stereocenters. The largest absolute Gasteiger partial charge is 0.255 e. The van der Waals surface area contributed by atoms with Crippen LogP contribution in [0, 0.1) is 6.92 Å². The summed E-state index contributed by atoms with van der Waals surface area (Å²) >= 11 is 0. The van der Waals surface area contributed by atoms with E-state index in [4.69, 9.17) is 9.98 Å². The minimum absolute atomic E-state index is 0. The Bertz CT molecular complexity index is 1860. The predicted octanol–water partition coefficient (Wildman–Crippen LogP) is 14.4. The van der Waals surface area contributed by atoms with Gasteiger partial charge in [0, 0.05) is 46.5 Å². The monoisotopic (exact) mass is 1070 g/mol. The van der Waals surface area contributed by atoms with E-state index < -0.39 is 0 Å². The normalized spacial score (nSPS) is 10.7. The van der Waals surface area contributed by atoms with E-state index in [0.717, 1.165) is 22.8 Å². The van der Waals surface area contributed by atoms with E-state index in [1.165, 1.54) is 50.1 Å². The summed E-state index contributed by atoms with van der Waals surface area (Å²) in [6.07, 6.45) is 7.40. The molecule has 0 aliphatic heterocycles. The van der Waals surface area contributed by atoms with Gasteiger partial charge in [-0.25, -0.2) is 0 Å².